The van der Waals surface area contributed by atoms with Gasteiger partial charge < -0.3 is 15.3 Å². The number of amidine groups is 1. The largest absolute Gasteiger partial charge is 0.378 e. The van der Waals surface area contributed by atoms with Gasteiger partial charge in [0, 0.05) is 27.1 Å². The summed E-state index contributed by atoms with van der Waals surface area (Å²) in [6, 6.07) is 3.87. The van der Waals surface area contributed by atoms with E-state index in [9.17, 15) is 23.9 Å². The van der Waals surface area contributed by atoms with Gasteiger partial charge in [0.15, 0.2) is 11.6 Å². The lowest BCUT2D eigenvalue weighted by molar-refractivity contribution is -0.152. The molecule has 29 heavy (non-hydrogen) atoms. The second-order valence-electron chi connectivity index (χ2n) is 7.62. The van der Waals surface area contributed by atoms with E-state index in [0.717, 1.165) is 6.42 Å². The van der Waals surface area contributed by atoms with E-state index in [1.54, 1.807) is 4.90 Å². The van der Waals surface area contributed by atoms with Crippen molar-refractivity contribution < 1.29 is 23.9 Å². The second kappa shape index (κ2) is 7.90. The summed E-state index contributed by atoms with van der Waals surface area (Å²) in [6.07, 6.45) is 1.39. The molecule has 1 fully saturated rings. The number of halogens is 1. The van der Waals surface area contributed by atoms with Crippen molar-refractivity contribution in [2.75, 3.05) is 13.6 Å². The normalized spacial score (nSPS) is 27.1. The van der Waals surface area contributed by atoms with Gasteiger partial charge in [0.1, 0.15) is 11.7 Å². The van der Waals surface area contributed by atoms with Crippen LogP contribution in [0.1, 0.15) is 32.3 Å². The molecule has 0 aromatic heterocycles. The lowest BCUT2D eigenvalue weighted by atomic mass is 9.91. The predicted octanol–water partition coefficient (Wildman–Crippen LogP) is 0.443. The monoisotopic (exact) mass is 404 g/mol. The van der Waals surface area contributed by atoms with E-state index >= 15 is 0 Å². The Balaban J connectivity index is 1.85. The van der Waals surface area contributed by atoms with E-state index in [-0.39, 0.29) is 18.3 Å². The molecule has 1 saturated heterocycles. The van der Waals surface area contributed by atoms with E-state index in [4.69, 9.17) is 0 Å². The van der Waals surface area contributed by atoms with Gasteiger partial charge in [-0.25, -0.2) is 4.39 Å². The fraction of sp³-hybridized carbons (Fsp3) is 0.500. The number of carbonyl (C=O) groups excluding carboxylic acids is 3. The number of hydrogen-bond acceptors (Lipinski definition) is 5. The highest BCUT2D eigenvalue weighted by Gasteiger charge is 2.51. The summed E-state index contributed by atoms with van der Waals surface area (Å²) in [5.41, 5.74) is -1.36. The highest BCUT2D eigenvalue weighted by Crippen LogP contribution is 2.28. The number of likely N-dealkylation sites (tertiary alicyclic amines) is 1. The summed E-state index contributed by atoms with van der Waals surface area (Å²) in [6.45, 7) is 3.36. The van der Waals surface area contributed by atoms with Gasteiger partial charge >= 0.3 is 0 Å². The smallest absolute Gasteiger partial charge is 0.262 e. The maximum atomic E-state index is 13.0. The van der Waals surface area contributed by atoms with Crippen LogP contribution in [0.25, 0.3) is 0 Å². The minimum Gasteiger partial charge on any atom is -0.378 e. The summed E-state index contributed by atoms with van der Waals surface area (Å²) in [4.78, 5) is 44.8. The molecule has 156 valence electrons. The molecule has 0 saturated carbocycles. The number of aliphatic hydroxyl groups is 1. The Labute approximate surface area is 168 Å². The van der Waals surface area contributed by atoms with Crippen molar-refractivity contribution in [3.8, 4) is 0 Å². The van der Waals surface area contributed by atoms with Crippen LogP contribution in [0.3, 0.4) is 0 Å². The van der Waals surface area contributed by atoms with Crippen molar-refractivity contribution in [1.29, 1.82) is 0 Å². The quantitative estimate of drug-likeness (QED) is 0.760. The SMILES string of the molecule is CC(=O)N1CCCC1C1=NC(C(=O)NCc2ccc(F)cc2)C(C)(O)C(=O)N1C. The van der Waals surface area contributed by atoms with Gasteiger partial charge in [-0.3, -0.25) is 24.3 Å². The Kier molecular flexibility index (Phi) is 5.70. The molecule has 0 aliphatic carbocycles. The van der Waals surface area contributed by atoms with Crippen molar-refractivity contribution in [1.82, 2.24) is 15.1 Å². The Hall–Kier alpha value is -2.81. The molecule has 2 heterocycles. The molecule has 1 aromatic rings. The van der Waals surface area contributed by atoms with Gasteiger partial charge in [0.05, 0.1) is 6.04 Å². The van der Waals surface area contributed by atoms with Crippen molar-refractivity contribution in [3.63, 3.8) is 0 Å². The molecule has 8 nitrogen and oxygen atoms in total. The van der Waals surface area contributed by atoms with Crippen molar-refractivity contribution in [3.05, 3.63) is 35.6 Å². The zero-order valence-corrected chi connectivity index (χ0v) is 16.7. The first kappa shape index (κ1) is 20.9. The Morgan fingerprint density at radius 3 is 2.62 bits per heavy atom. The molecule has 3 atom stereocenters. The van der Waals surface area contributed by atoms with Gasteiger partial charge in [-0.05, 0) is 37.5 Å². The van der Waals surface area contributed by atoms with Crippen LogP contribution in [0.2, 0.25) is 0 Å². The van der Waals surface area contributed by atoms with Crippen LogP contribution in [0.5, 0.6) is 0 Å². The third-order valence-corrected chi connectivity index (χ3v) is 5.46. The molecule has 0 bridgehead atoms. The molecule has 9 heteroatoms. The number of nitrogens with zero attached hydrogens (tertiary/aromatic N) is 3. The molecule has 3 unspecified atom stereocenters. The average molecular weight is 404 g/mol. The second-order valence-corrected chi connectivity index (χ2v) is 7.62. The Bertz CT molecular complexity index is 853. The molecule has 0 radical (unpaired) electrons. The van der Waals surface area contributed by atoms with E-state index < -0.39 is 29.5 Å². The van der Waals surface area contributed by atoms with Crippen LogP contribution in [0.4, 0.5) is 4.39 Å². The van der Waals surface area contributed by atoms with E-state index in [1.165, 1.54) is 50.1 Å². The maximum Gasteiger partial charge on any atom is 0.262 e. The van der Waals surface area contributed by atoms with Crippen LogP contribution >= 0.6 is 0 Å². The van der Waals surface area contributed by atoms with Crippen LogP contribution in [-0.2, 0) is 20.9 Å². The molecule has 2 aliphatic heterocycles. The summed E-state index contributed by atoms with van der Waals surface area (Å²) in [7, 11) is 1.49. The fourth-order valence-electron chi connectivity index (χ4n) is 3.83. The number of rotatable bonds is 4. The summed E-state index contributed by atoms with van der Waals surface area (Å²) >= 11 is 0. The van der Waals surface area contributed by atoms with Gasteiger partial charge in [-0.2, -0.15) is 0 Å². The molecule has 1 aromatic carbocycles. The van der Waals surface area contributed by atoms with Crippen LogP contribution in [-0.4, -0.2) is 69.7 Å². The number of benzene rings is 1. The zero-order chi connectivity index (χ0) is 21.3. The molecule has 3 rings (SSSR count). The first-order chi connectivity index (χ1) is 13.6. The predicted molar refractivity (Wildman–Crippen MR) is 103 cm³/mol. The average Bonchev–Trinajstić information content (AvgIpc) is 3.15. The number of hydrogen-bond donors (Lipinski definition) is 2. The summed E-state index contributed by atoms with van der Waals surface area (Å²) in [5.74, 6) is -1.49. The van der Waals surface area contributed by atoms with Gasteiger partial charge in [-0.1, -0.05) is 12.1 Å². The Morgan fingerprint density at radius 1 is 1.34 bits per heavy atom. The minimum absolute atomic E-state index is 0.101. The lowest BCUT2D eigenvalue weighted by Gasteiger charge is -2.40. The van der Waals surface area contributed by atoms with E-state index in [2.05, 4.69) is 10.3 Å². The minimum atomic E-state index is -2.02. The maximum absolute atomic E-state index is 13.0. The molecule has 2 aliphatic rings. The van der Waals surface area contributed by atoms with Crippen molar-refractivity contribution in [2.24, 2.45) is 4.99 Å². The van der Waals surface area contributed by atoms with Gasteiger partial charge in [0.25, 0.3) is 5.91 Å². The molecular formula is C20H25FN4O4. The fourth-order valence-corrected chi connectivity index (χ4v) is 3.83. The lowest BCUT2D eigenvalue weighted by Crippen LogP contribution is -2.64. The number of likely N-dealkylation sites (N-methyl/N-ethyl adjacent to an activating group) is 1. The topological polar surface area (TPSA) is 102 Å². The molecule has 2 N–H and O–H groups in total. The highest BCUT2D eigenvalue weighted by molar-refractivity contribution is 6.10. The number of amides is 3. The summed E-state index contributed by atoms with van der Waals surface area (Å²) in [5, 5.41) is 13.4. The number of aliphatic imine (C=N–C) groups is 1. The molecular weight excluding hydrogens is 379 g/mol. The van der Waals surface area contributed by atoms with E-state index in [1.807, 2.05) is 0 Å². The van der Waals surface area contributed by atoms with E-state index in [0.29, 0.717) is 24.4 Å². The number of nitrogens with one attached hydrogen (secondary N) is 1. The molecule has 0 spiro atoms. The van der Waals surface area contributed by atoms with Crippen LogP contribution < -0.4 is 5.32 Å². The van der Waals surface area contributed by atoms with Crippen molar-refractivity contribution in [2.45, 2.75) is 50.9 Å². The van der Waals surface area contributed by atoms with Crippen molar-refractivity contribution >= 4 is 23.6 Å². The first-order valence-corrected chi connectivity index (χ1v) is 9.50. The standard InChI is InChI=1S/C20H25FN4O4/c1-12(26)25-10-4-5-15(25)17-23-16(20(2,29)19(28)24(17)3)18(27)22-11-13-6-8-14(21)9-7-13/h6-9,15-16,29H,4-5,10-11H2,1-3H3,(H,22,27). The van der Waals surface area contributed by atoms with Gasteiger partial charge in [-0.15, -0.1) is 0 Å². The summed E-state index contributed by atoms with van der Waals surface area (Å²) < 4.78 is 13.0. The highest BCUT2D eigenvalue weighted by atomic mass is 19.1. The van der Waals surface area contributed by atoms with Gasteiger partial charge in [0.2, 0.25) is 11.8 Å². The Morgan fingerprint density at radius 2 is 2.00 bits per heavy atom. The number of carbonyl (C=O) groups is 3. The first-order valence-electron chi connectivity index (χ1n) is 9.50. The molecule has 3 amide bonds. The zero-order valence-electron chi connectivity index (χ0n) is 16.7. The third kappa shape index (κ3) is 4.00. The van der Waals surface area contributed by atoms with Crippen LogP contribution in [0.15, 0.2) is 29.3 Å². The van der Waals surface area contributed by atoms with Crippen LogP contribution in [0, 0.1) is 5.82 Å². The third-order valence-electron chi connectivity index (χ3n) is 5.46.